The fraction of sp³-hybridized carbons (Fsp3) is 0.450. The Kier molecular flexibility index (Phi) is 4.74. The summed E-state index contributed by atoms with van der Waals surface area (Å²) in [6, 6.07) is 1.35. The van der Waals surface area contributed by atoms with Gasteiger partial charge in [0.25, 0.3) is 5.56 Å². The maximum atomic E-state index is 15.5. The summed E-state index contributed by atoms with van der Waals surface area (Å²) >= 11 is 1.12. The number of hydrogen-bond acceptors (Lipinski definition) is 8. The van der Waals surface area contributed by atoms with Gasteiger partial charge in [-0.15, -0.1) is 0 Å². The molecule has 0 spiro atoms. The van der Waals surface area contributed by atoms with E-state index < -0.39 is 16.8 Å². The van der Waals surface area contributed by atoms with Crippen LogP contribution in [0.15, 0.2) is 20.8 Å². The summed E-state index contributed by atoms with van der Waals surface area (Å²) in [5.41, 5.74) is 6.44. The number of aromatic nitrogens is 2. The van der Waals surface area contributed by atoms with Crippen molar-refractivity contribution in [3.8, 4) is 5.75 Å². The van der Waals surface area contributed by atoms with Gasteiger partial charge in [0.05, 0.1) is 30.3 Å². The average Bonchev–Trinajstić information content (AvgIpc) is 3.40. The van der Waals surface area contributed by atoms with Gasteiger partial charge in [-0.25, -0.2) is 4.39 Å². The molecule has 1 unspecified atom stereocenters. The van der Waals surface area contributed by atoms with E-state index in [1.807, 2.05) is 9.47 Å². The zero-order valence-corrected chi connectivity index (χ0v) is 17.9. The van der Waals surface area contributed by atoms with Gasteiger partial charge in [-0.05, 0) is 30.4 Å². The first kappa shape index (κ1) is 20.0. The first-order valence-electron chi connectivity index (χ1n) is 10.0. The Morgan fingerprint density at radius 3 is 2.77 bits per heavy atom. The number of halogens is 1. The summed E-state index contributed by atoms with van der Waals surface area (Å²) in [7, 11) is 2.92. The van der Waals surface area contributed by atoms with Crippen molar-refractivity contribution in [3.05, 3.63) is 32.5 Å². The molecule has 3 heterocycles. The van der Waals surface area contributed by atoms with E-state index in [-0.39, 0.29) is 34.2 Å². The van der Waals surface area contributed by atoms with E-state index >= 15 is 4.39 Å². The number of nitrogens with two attached hydrogens (primary N) is 1. The molecule has 31 heavy (non-hydrogen) atoms. The summed E-state index contributed by atoms with van der Waals surface area (Å²) in [5.74, 6) is -0.400. The zero-order valence-electron chi connectivity index (χ0n) is 17.1. The van der Waals surface area contributed by atoms with Gasteiger partial charge in [0.15, 0.2) is 11.6 Å². The van der Waals surface area contributed by atoms with Gasteiger partial charge in [0.2, 0.25) is 5.43 Å². The van der Waals surface area contributed by atoms with Crippen LogP contribution in [0.25, 0.3) is 21.1 Å². The third kappa shape index (κ3) is 2.94. The fourth-order valence-corrected chi connectivity index (χ4v) is 5.37. The Bertz CT molecular complexity index is 1340. The minimum atomic E-state index is -0.593. The molecule has 1 aliphatic carbocycles. The predicted molar refractivity (Wildman–Crippen MR) is 118 cm³/mol. The molecule has 164 valence electrons. The van der Waals surface area contributed by atoms with Gasteiger partial charge < -0.3 is 24.8 Å². The highest BCUT2D eigenvalue weighted by Gasteiger charge is 2.36. The van der Waals surface area contributed by atoms with Crippen LogP contribution in [-0.4, -0.2) is 48.5 Å². The van der Waals surface area contributed by atoms with Crippen LogP contribution in [0.1, 0.15) is 18.9 Å². The molecule has 1 aromatic carbocycles. The van der Waals surface area contributed by atoms with Gasteiger partial charge in [-0.1, -0.05) is 5.16 Å². The molecule has 1 aliphatic heterocycles. The van der Waals surface area contributed by atoms with E-state index in [9.17, 15) is 9.59 Å². The highest BCUT2D eigenvalue weighted by Crippen LogP contribution is 2.46. The third-order valence-electron chi connectivity index (χ3n) is 5.99. The number of benzene rings is 1. The third-order valence-corrected chi connectivity index (χ3v) is 6.87. The van der Waals surface area contributed by atoms with Crippen molar-refractivity contribution in [1.29, 1.82) is 0 Å². The Labute approximate surface area is 180 Å². The Morgan fingerprint density at radius 2 is 2.13 bits per heavy atom. The number of rotatable bonds is 5. The van der Waals surface area contributed by atoms with Crippen LogP contribution in [-0.2, 0) is 4.84 Å². The van der Waals surface area contributed by atoms with Gasteiger partial charge in [0, 0.05) is 25.0 Å². The highest BCUT2D eigenvalue weighted by molar-refractivity contribution is 7.12. The predicted octanol–water partition coefficient (Wildman–Crippen LogP) is 1.78. The topological polar surface area (TPSA) is 115 Å². The average molecular weight is 447 g/mol. The summed E-state index contributed by atoms with van der Waals surface area (Å²) in [5, 5.41) is 4.26. The molecule has 2 fully saturated rings. The monoisotopic (exact) mass is 447 g/mol. The lowest BCUT2D eigenvalue weighted by molar-refractivity contribution is 0.211. The molecule has 1 atom stereocenters. The van der Waals surface area contributed by atoms with E-state index in [0.717, 1.165) is 30.1 Å². The molecule has 2 aromatic heterocycles. The van der Waals surface area contributed by atoms with Crippen LogP contribution < -0.4 is 26.4 Å². The molecule has 1 saturated carbocycles. The molecular formula is C20H22FN5O4S. The zero-order chi connectivity index (χ0) is 21.9. The first-order chi connectivity index (χ1) is 15.0. The van der Waals surface area contributed by atoms with Crippen LogP contribution in [0.3, 0.4) is 0 Å². The Morgan fingerprint density at radius 1 is 1.35 bits per heavy atom. The second-order valence-electron chi connectivity index (χ2n) is 7.86. The van der Waals surface area contributed by atoms with Crippen molar-refractivity contribution in [1.82, 2.24) is 8.94 Å². The molecule has 5 rings (SSSR count). The van der Waals surface area contributed by atoms with Gasteiger partial charge in [0.1, 0.15) is 23.0 Å². The molecule has 0 amide bonds. The summed E-state index contributed by atoms with van der Waals surface area (Å²) in [6.07, 6.45) is 1.83. The number of H-pyrrole nitrogens is 1. The summed E-state index contributed by atoms with van der Waals surface area (Å²) in [6.45, 7) is 1.13. The van der Waals surface area contributed by atoms with Crippen molar-refractivity contribution in [2.24, 2.45) is 16.8 Å². The van der Waals surface area contributed by atoms with Crippen molar-refractivity contribution in [3.63, 3.8) is 0 Å². The highest BCUT2D eigenvalue weighted by atomic mass is 32.1. The van der Waals surface area contributed by atoms with E-state index in [2.05, 4.69) is 9.53 Å². The fourth-order valence-electron chi connectivity index (χ4n) is 4.45. The number of ether oxygens (including phenoxy) is 1. The number of aromatic amines is 1. The Balaban J connectivity index is 1.82. The van der Waals surface area contributed by atoms with E-state index in [1.165, 1.54) is 20.3 Å². The molecule has 3 aromatic rings. The summed E-state index contributed by atoms with van der Waals surface area (Å²) < 4.78 is 25.8. The lowest BCUT2D eigenvalue weighted by Crippen LogP contribution is -2.25. The second-order valence-corrected chi connectivity index (χ2v) is 8.65. The normalized spacial score (nSPS) is 20.3. The number of pyridine rings is 1. The maximum absolute atomic E-state index is 15.5. The number of nitrogens with one attached hydrogen (secondary N) is 1. The number of fused-ring (bicyclic) bond motifs is 2. The van der Waals surface area contributed by atoms with Crippen LogP contribution in [0.5, 0.6) is 5.75 Å². The quantitative estimate of drug-likeness (QED) is 0.576. The van der Waals surface area contributed by atoms with E-state index in [4.69, 9.17) is 15.3 Å². The molecule has 9 nitrogen and oxygen atoms in total. The molecule has 0 bridgehead atoms. The molecule has 11 heteroatoms. The van der Waals surface area contributed by atoms with Crippen molar-refractivity contribution in [2.45, 2.75) is 18.9 Å². The van der Waals surface area contributed by atoms with Crippen LogP contribution in [0.4, 0.5) is 10.1 Å². The van der Waals surface area contributed by atoms with Crippen molar-refractivity contribution in [2.75, 3.05) is 38.8 Å². The smallest absolute Gasteiger partial charge is 0.271 e. The standard InChI is InChI=1S/C20H22FN5O4S/c1-29-18-15-11(17(27)14-19(28)24-31-20(14)26(15)10-3-4-10)5-12(21)16(18)25-7-9(6-22)13(8-25)23-30-2/h5,9-10H,3-4,6-8,22H2,1-2H3,(H,24,28)/b23-13-. The lowest BCUT2D eigenvalue weighted by Gasteiger charge is -2.24. The van der Waals surface area contributed by atoms with E-state index in [1.54, 1.807) is 0 Å². The maximum Gasteiger partial charge on any atom is 0.271 e. The SMILES string of the molecule is CO/N=C1/CN(c2c(F)cc3c(=O)c4c(=O)[nH]sc4n(C4CC4)c3c2OC)CC1CN. The number of oxime groups is 1. The number of nitrogens with zero attached hydrogens (tertiary/aromatic N) is 3. The van der Waals surface area contributed by atoms with Gasteiger partial charge in [-0.2, -0.15) is 0 Å². The minimum Gasteiger partial charge on any atom is -0.492 e. The summed E-state index contributed by atoms with van der Waals surface area (Å²) in [4.78, 5) is 32.7. The molecule has 1 saturated heterocycles. The Hall–Kier alpha value is -2.92. The number of hydrogen-bond donors (Lipinski definition) is 2. The van der Waals surface area contributed by atoms with Crippen molar-refractivity contribution < 1.29 is 14.0 Å². The van der Waals surface area contributed by atoms with Crippen LogP contribution in [0, 0.1) is 11.7 Å². The minimum absolute atomic E-state index is 0.0671. The first-order valence-corrected chi connectivity index (χ1v) is 10.8. The van der Waals surface area contributed by atoms with Gasteiger partial charge >= 0.3 is 0 Å². The van der Waals surface area contributed by atoms with Crippen LogP contribution in [0.2, 0.25) is 0 Å². The molecule has 0 radical (unpaired) electrons. The molecular weight excluding hydrogens is 425 g/mol. The lowest BCUT2D eigenvalue weighted by atomic mass is 10.1. The van der Waals surface area contributed by atoms with Gasteiger partial charge in [-0.3, -0.25) is 14.0 Å². The number of anilines is 1. The van der Waals surface area contributed by atoms with E-state index in [0.29, 0.717) is 30.0 Å². The van der Waals surface area contributed by atoms with Crippen molar-refractivity contribution >= 4 is 44.1 Å². The number of methoxy groups -OCH3 is 1. The second kappa shape index (κ2) is 7.34. The molecule has 2 aliphatic rings. The van der Waals surface area contributed by atoms with Crippen LogP contribution >= 0.6 is 11.5 Å². The largest absolute Gasteiger partial charge is 0.492 e. The molecule has 3 N–H and O–H groups in total.